The van der Waals surface area contributed by atoms with Crippen LogP contribution in [0.15, 0.2) is 77.8 Å². The molecule has 0 spiro atoms. The Morgan fingerprint density at radius 3 is 2.39 bits per heavy atom. The molecule has 2 heterocycles. The second-order valence-corrected chi connectivity index (χ2v) is 10.9. The molecule has 0 atom stereocenters. The van der Waals surface area contributed by atoms with Crippen LogP contribution in [-0.2, 0) is 9.84 Å². The number of rotatable bonds is 5. The number of carbonyl (C=O) groups excluding carboxylic acids is 1. The summed E-state index contributed by atoms with van der Waals surface area (Å²) < 4.78 is 30.4. The summed E-state index contributed by atoms with van der Waals surface area (Å²) >= 11 is 6.71. The van der Waals surface area contributed by atoms with Gasteiger partial charge in [0.05, 0.1) is 15.9 Å². The van der Waals surface area contributed by atoms with Crippen LogP contribution in [0, 0.1) is 0 Å². The summed E-state index contributed by atoms with van der Waals surface area (Å²) in [6.07, 6.45) is 0. The number of fused-ring (bicyclic) bond motifs is 1. The molecule has 0 aliphatic carbocycles. The summed E-state index contributed by atoms with van der Waals surface area (Å²) in [7, 11) is -3.43. The van der Waals surface area contributed by atoms with Crippen LogP contribution in [0.1, 0.15) is 17.3 Å². The Morgan fingerprint density at radius 2 is 1.76 bits per heavy atom. The van der Waals surface area contributed by atoms with Crippen LogP contribution in [0.3, 0.4) is 0 Å². The molecule has 1 N–H and O–H groups in total. The highest BCUT2D eigenvalue weighted by atomic mass is 79.9. The van der Waals surface area contributed by atoms with Crippen molar-refractivity contribution in [3.05, 3.63) is 79.5 Å². The quantitative estimate of drug-likeness (QED) is 0.330. The monoisotopic (exact) mass is 591 g/mol. The molecule has 4 aromatic rings. The van der Waals surface area contributed by atoms with Gasteiger partial charge in [-0.1, -0.05) is 35.0 Å². The van der Waals surface area contributed by atoms with Crippen molar-refractivity contribution in [3.63, 3.8) is 0 Å². The normalized spacial score (nSPS) is 11.5. The van der Waals surface area contributed by atoms with E-state index in [0.717, 1.165) is 4.47 Å². The number of nitrogens with zero attached hydrogens (tertiary/aromatic N) is 2. The molecule has 4 rings (SSSR count). The number of nitrogens with one attached hydrogen (secondary N) is 1. The zero-order valence-corrected chi connectivity index (χ0v) is 21.0. The fourth-order valence-electron chi connectivity index (χ4n) is 3.03. The van der Waals surface area contributed by atoms with E-state index in [-0.39, 0.29) is 16.3 Å². The first-order valence-corrected chi connectivity index (χ1v) is 12.8. The van der Waals surface area contributed by atoms with Gasteiger partial charge in [-0.3, -0.25) is 4.79 Å². The molecule has 0 aliphatic rings. The number of sulfone groups is 1. The molecular formula is C22H15Br2N3O5S. The van der Waals surface area contributed by atoms with Gasteiger partial charge in [-0.2, -0.15) is 0 Å². The van der Waals surface area contributed by atoms with Crippen molar-refractivity contribution < 1.29 is 17.6 Å². The molecule has 168 valence electrons. The third kappa shape index (κ3) is 4.90. The number of anilines is 1. The van der Waals surface area contributed by atoms with Crippen LogP contribution in [0.25, 0.3) is 22.2 Å². The highest BCUT2D eigenvalue weighted by Gasteiger charge is 2.17. The molecule has 8 nitrogen and oxygen atoms in total. The lowest BCUT2D eigenvalue weighted by atomic mass is 10.1. The number of amides is 1. The maximum absolute atomic E-state index is 12.7. The molecule has 0 saturated carbocycles. The van der Waals surface area contributed by atoms with Crippen molar-refractivity contribution in [1.29, 1.82) is 0 Å². The Labute approximate surface area is 205 Å². The van der Waals surface area contributed by atoms with Crippen molar-refractivity contribution in [2.45, 2.75) is 11.9 Å². The van der Waals surface area contributed by atoms with E-state index in [1.807, 2.05) is 0 Å². The molecule has 33 heavy (non-hydrogen) atoms. The van der Waals surface area contributed by atoms with Crippen molar-refractivity contribution in [1.82, 2.24) is 10.2 Å². The van der Waals surface area contributed by atoms with Gasteiger partial charge in [0, 0.05) is 21.1 Å². The van der Waals surface area contributed by atoms with Crippen LogP contribution in [0.4, 0.5) is 5.69 Å². The van der Waals surface area contributed by atoms with Crippen molar-refractivity contribution >= 4 is 64.3 Å². The maximum Gasteiger partial charge on any atom is 0.349 e. The minimum atomic E-state index is -3.43. The lowest BCUT2D eigenvalue weighted by Crippen LogP contribution is -2.20. The Morgan fingerprint density at radius 1 is 1.03 bits per heavy atom. The van der Waals surface area contributed by atoms with E-state index in [9.17, 15) is 18.0 Å². The van der Waals surface area contributed by atoms with E-state index >= 15 is 0 Å². The van der Waals surface area contributed by atoms with Crippen molar-refractivity contribution in [3.8, 4) is 11.3 Å². The van der Waals surface area contributed by atoms with Crippen LogP contribution in [0.5, 0.6) is 0 Å². The summed E-state index contributed by atoms with van der Waals surface area (Å²) in [6, 6.07) is 14.6. The number of carbonyl (C=O) groups is 1. The lowest BCUT2D eigenvalue weighted by molar-refractivity contribution is 0.102. The predicted molar refractivity (Wildman–Crippen MR) is 131 cm³/mol. The zero-order valence-electron chi connectivity index (χ0n) is 17.0. The van der Waals surface area contributed by atoms with Crippen LogP contribution in [0.2, 0.25) is 0 Å². The van der Waals surface area contributed by atoms with Gasteiger partial charge in [0.2, 0.25) is 0 Å². The second kappa shape index (κ2) is 9.16. The molecule has 0 fully saturated rings. The zero-order chi connectivity index (χ0) is 23.8. The van der Waals surface area contributed by atoms with Crippen LogP contribution >= 0.6 is 31.9 Å². The van der Waals surface area contributed by atoms with Crippen LogP contribution < -0.4 is 10.9 Å². The van der Waals surface area contributed by atoms with E-state index in [4.69, 9.17) is 4.42 Å². The highest BCUT2D eigenvalue weighted by Crippen LogP contribution is 2.28. The predicted octanol–water partition coefficient (Wildman–Crippen LogP) is 4.82. The smallest absolute Gasteiger partial charge is 0.349 e. The van der Waals surface area contributed by atoms with E-state index in [1.54, 1.807) is 42.5 Å². The Kier molecular flexibility index (Phi) is 6.46. The third-order valence-electron chi connectivity index (χ3n) is 4.77. The van der Waals surface area contributed by atoms with Gasteiger partial charge in [-0.15, -0.1) is 10.2 Å². The molecule has 2 aromatic heterocycles. The maximum atomic E-state index is 12.7. The summed E-state index contributed by atoms with van der Waals surface area (Å²) in [5.41, 5.74) is 1.09. The Balaban J connectivity index is 1.55. The molecule has 2 aromatic carbocycles. The van der Waals surface area contributed by atoms with Gasteiger partial charge in [0.15, 0.2) is 20.4 Å². The molecule has 0 radical (unpaired) electrons. The number of benzene rings is 2. The van der Waals surface area contributed by atoms with Gasteiger partial charge in [-0.05, 0) is 58.4 Å². The average Bonchev–Trinajstić information content (AvgIpc) is 2.80. The standard InChI is InChI=1S/C22H15Br2N3O5S/c1-2-33(30,31)19-8-7-18(26-27-19)12-3-5-15(6-4-12)25-21(28)16-10-13-9-14(23)11-17(24)20(13)32-22(16)29/h3-11H,2H2,1H3,(H,25,28). The van der Waals surface area contributed by atoms with E-state index in [2.05, 4.69) is 47.4 Å². The fraction of sp³-hybridized carbons (Fsp3) is 0.0909. The van der Waals surface area contributed by atoms with Gasteiger partial charge in [0.1, 0.15) is 5.56 Å². The Hall–Kier alpha value is -2.89. The first kappa shape index (κ1) is 23.3. The Bertz CT molecular complexity index is 1530. The number of hydrogen-bond donors (Lipinski definition) is 1. The third-order valence-corrected chi connectivity index (χ3v) is 7.44. The SMILES string of the molecule is CCS(=O)(=O)c1ccc(-c2ccc(NC(=O)c3cc4cc(Br)cc(Br)c4oc3=O)cc2)nn1. The molecule has 11 heteroatoms. The molecule has 0 unspecified atom stereocenters. The largest absolute Gasteiger partial charge is 0.421 e. The average molecular weight is 593 g/mol. The highest BCUT2D eigenvalue weighted by molar-refractivity contribution is 9.11. The van der Waals surface area contributed by atoms with E-state index in [0.29, 0.717) is 32.4 Å². The minimum absolute atomic E-state index is 0.0560. The summed E-state index contributed by atoms with van der Waals surface area (Å²) in [5.74, 6) is -0.664. The van der Waals surface area contributed by atoms with Crippen molar-refractivity contribution in [2.75, 3.05) is 11.1 Å². The molecule has 0 aliphatic heterocycles. The molecular weight excluding hydrogens is 578 g/mol. The number of halogens is 2. The van der Waals surface area contributed by atoms with Gasteiger partial charge in [-0.25, -0.2) is 13.2 Å². The molecule has 0 bridgehead atoms. The van der Waals surface area contributed by atoms with Gasteiger partial charge < -0.3 is 9.73 Å². The second-order valence-electron chi connectivity index (χ2n) is 6.95. The first-order valence-electron chi connectivity index (χ1n) is 9.59. The van der Waals surface area contributed by atoms with Gasteiger partial charge in [0.25, 0.3) is 5.91 Å². The molecule has 1 amide bonds. The van der Waals surface area contributed by atoms with Crippen molar-refractivity contribution in [2.24, 2.45) is 0 Å². The van der Waals surface area contributed by atoms with Gasteiger partial charge >= 0.3 is 5.63 Å². The topological polar surface area (TPSA) is 119 Å². The fourth-order valence-corrected chi connectivity index (χ4v) is 5.10. The summed E-state index contributed by atoms with van der Waals surface area (Å²) in [6.45, 7) is 1.54. The van der Waals surface area contributed by atoms with E-state index < -0.39 is 21.4 Å². The first-order chi connectivity index (χ1) is 15.7. The molecule has 0 saturated heterocycles. The lowest BCUT2D eigenvalue weighted by Gasteiger charge is -2.07. The summed E-state index contributed by atoms with van der Waals surface area (Å²) in [5, 5.41) is 11.0. The number of hydrogen-bond acceptors (Lipinski definition) is 7. The van der Waals surface area contributed by atoms with Crippen LogP contribution in [-0.4, -0.2) is 30.3 Å². The summed E-state index contributed by atoms with van der Waals surface area (Å²) in [4.78, 5) is 25.0. The number of aromatic nitrogens is 2. The minimum Gasteiger partial charge on any atom is -0.421 e. The van der Waals surface area contributed by atoms with E-state index in [1.165, 1.54) is 19.1 Å².